The minimum Gasteiger partial charge on any atom is -0.494 e. The van der Waals surface area contributed by atoms with E-state index in [0.29, 0.717) is 11.5 Å². The summed E-state index contributed by atoms with van der Waals surface area (Å²) in [5, 5.41) is 3.74. The quantitative estimate of drug-likeness (QED) is 0.860. The Kier molecular flexibility index (Phi) is 4.87. The summed E-state index contributed by atoms with van der Waals surface area (Å²) in [6.07, 6.45) is 5.38. The number of hydrogen-bond donors (Lipinski definition) is 1. The van der Waals surface area contributed by atoms with Gasteiger partial charge in [-0.25, -0.2) is 0 Å². The van der Waals surface area contributed by atoms with Gasteiger partial charge in [0, 0.05) is 12.6 Å². The highest BCUT2D eigenvalue weighted by Gasteiger charge is 2.31. The third-order valence-corrected chi connectivity index (χ3v) is 4.27. The smallest absolute Gasteiger partial charge is 0.119 e. The van der Waals surface area contributed by atoms with E-state index in [2.05, 4.69) is 37.4 Å². The molecule has 19 heavy (non-hydrogen) atoms. The van der Waals surface area contributed by atoms with Crippen LogP contribution in [0.5, 0.6) is 5.75 Å². The summed E-state index contributed by atoms with van der Waals surface area (Å²) in [6, 6.07) is 9.06. The van der Waals surface area contributed by atoms with Crippen molar-refractivity contribution < 1.29 is 4.74 Å². The number of ether oxygens (including phenoxy) is 1. The Morgan fingerprint density at radius 1 is 1.32 bits per heavy atom. The SMILES string of the molecule is CCOc1cccc(CNC2CCCCC2(C)C)c1. The van der Waals surface area contributed by atoms with Gasteiger partial charge in [-0.1, -0.05) is 38.8 Å². The first kappa shape index (κ1) is 14.4. The van der Waals surface area contributed by atoms with Gasteiger partial charge >= 0.3 is 0 Å². The molecule has 0 radical (unpaired) electrons. The Morgan fingerprint density at radius 2 is 2.16 bits per heavy atom. The van der Waals surface area contributed by atoms with Crippen molar-refractivity contribution >= 4 is 0 Å². The molecule has 0 aliphatic heterocycles. The molecular weight excluding hydrogens is 234 g/mol. The van der Waals surface area contributed by atoms with E-state index in [0.717, 1.165) is 18.9 Å². The highest BCUT2D eigenvalue weighted by atomic mass is 16.5. The average Bonchev–Trinajstić information content (AvgIpc) is 2.38. The van der Waals surface area contributed by atoms with Crippen LogP contribution in [0.15, 0.2) is 24.3 Å². The van der Waals surface area contributed by atoms with Crippen LogP contribution in [-0.4, -0.2) is 12.6 Å². The van der Waals surface area contributed by atoms with E-state index < -0.39 is 0 Å². The van der Waals surface area contributed by atoms with Gasteiger partial charge in [0.2, 0.25) is 0 Å². The summed E-state index contributed by atoms with van der Waals surface area (Å²) in [5.41, 5.74) is 1.74. The predicted molar refractivity (Wildman–Crippen MR) is 80.5 cm³/mol. The lowest BCUT2D eigenvalue weighted by Crippen LogP contribution is -2.43. The normalized spacial score (nSPS) is 22.2. The van der Waals surface area contributed by atoms with Gasteiger partial charge in [-0.2, -0.15) is 0 Å². The van der Waals surface area contributed by atoms with Crippen molar-refractivity contribution in [1.82, 2.24) is 5.32 Å². The second-order valence-corrected chi connectivity index (χ2v) is 6.25. The molecule has 1 saturated carbocycles. The fourth-order valence-corrected chi connectivity index (χ4v) is 3.03. The van der Waals surface area contributed by atoms with E-state index in [-0.39, 0.29) is 0 Å². The van der Waals surface area contributed by atoms with E-state index in [9.17, 15) is 0 Å². The molecule has 0 amide bonds. The molecule has 0 saturated heterocycles. The number of hydrogen-bond acceptors (Lipinski definition) is 2. The second kappa shape index (κ2) is 6.42. The molecule has 1 aliphatic rings. The van der Waals surface area contributed by atoms with Crippen molar-refractivity contribution in [3.8, 4) is 5.75 Å². The van der Waals surface area contributed by atoms with Crippen LogP contribution in [0.4, 0.5) is 0 Å². The molecule has 1 unspecified atom stereocenters. The molecule has 0 spiro atoms. The van der Waals surface area contributed by atoms with Crippen molar-refractivity contribution in [3.63, 3.8) is 0 Å². The van der Waals surface area contributed by atoms with Crippen molar-refractivity contribution in [1.29, 1.82) is 0 Å². The lowest BCUT2D eigenvalue weighted by molar-refractivity contribution is 0.166. The molecule has 1 fully saturated rings. The van der Waals surface area contributed by atoms with E-state index in [1.54, 1.807) is 0 Å². The van der Waals surface area contributed by atoms with Gasteiger partial charge in [0.15, 0.2) is 0 Å². The number of benzene rings is 1. The molecule has 2 heteroatoms. The van der Waals surface area contributed by atoms with E-state index in [4.69, 9.17) is 4.74 Å². The standard InChI is InChI=1S/C17H27NO/c1-4-19-15-9-7-8-14(12-15)13-18-16-10-5-6-11-17(16,2)3/h7-9,12,16,18H,4-6,10-11,13H2,1-3H3. The first-order valence-corrected chi connectivity index (χ1v) is 7.57. The van der Waals surface area contributed by atoms with Crippen LogP contribution in [-0.2, 0) is 6.54 Å². The molecule has 106 valence electrons. The zero-order chi connectivity index (χ0) is 13.7. The third-order valence-electron chi connectivity index (χ3n) is 4.27. The average molecular weight is 261 g/mol. The minimum atomic E-state index is 0.426. The van der Waals surface area contributed by atoms with E-state index >= 15 is 0 Å². The number of rotatable bonds is 5. The molecular formula is C17H27NO. The molecule has 2 nitrogen and oxygen atoms in total. The maximum atomic E-state index is 5.55. The van der Waals surface area contributed by atoms with E-state index in [1.165, 1.54) is 31.2 Å². The summed E-state index contributed by atoms with van der Waals surface area (Å²) < 4.78 is 5.55. The Hall–Kier alpha value is -1.02. The summed E-state index contributed by atoms with van der Waals surface area (Å²) in [4.78, 5) is 0. The fourth-order valence-electron chi connectivity index (χ4n) is 3.03. The fraction of sp³-hybridized carbons (Fsp3) is 0.647. The second-order valence-electron chi connectivity index (χ2n) is 6.25. The highest BCUT2D eigenvalue weighted by molar-refractivity contribution is 5.28. The van der Waals surface area contributed by atoms with Crippen LogP contribution < -0.4 is 10.1 Å². The van der Waals surface area contributed by atoms with Crippen LogP contribution in [0.2, 0.25) is 0 Å². The van der Waals surface area contributed by atoms with Gasteiger partial charge in [-0.15, -0.1) is 0 Å². The topological polar surface area (TPSA) is 21.3 Å². The first-order valence-electron chi connectivity index (χ1n) is 7.57. The van der Waals surface area contributed by atoms with Crippen LogP contribution in [0, 0.1) is 5.41 Å². The Morgan fingerprint density at radius 3 is 2.89 bits per heavy atom. The largest absolute Gasteiger partial charge is 0.494 e. The molecule has 1 aromatic rings. The molecule has 2 rings (SSSR count). The van der Waals surface area contributed by atoms with Crippen LogP contribution in [0.25, 0.3) is 0 Å². The maximum Gasteiger partial charge on any atom is 0.119 e. The van der Waals surface area contributed by atoms with Gasteiger partial charge in [-0.05, 0) is 42.9 Å². The van der Waals surface area contributed by atoms with Gasteiger partial charge in [0.25, 0.3) is 0 Å². The molecule has 0 aromatic heterocycles. The van der Waals surface area contributed by atoms with E-state index in [1.807, 2.05) is 13.0 Å². The third kappa shape index (κ3) is 3.97. The van der Waals surface area contributed by atoms with Crippen LogP contribution in [0.3, 0.4) is 0 Å². The first-order chi connectivity index (χ1) is 9.12. The zero-order valence-electron chi connectivity index (χ0n) is 12.5. The summed E-state index contributed by atoms with van der Waals surface area (Å²) in [7, 11) is 0. The molecule has 0 bridgehead atoms. The lowest BCUT2D eigenvalue weighted by atomic mass is 9.73. The predicted octanol–water partition coefficient (Wildman–Crippen LogP) is 4.14. The Balaban J connectivity index is 1.92. The van der Waals surface area contributed by atoms with Crippen LogP contribution >= 0.6 is 0 Å². The van der Waals surface area contributed by atoms with Crippen molar-refractivity contribution in [2.75, 3.05) is 6.61 Å². The monoisotopic (exact) mass is 261 g/mol. The summed E-state index contributed by atoms with van der Waals surface area (Å²) in [6.45, 7) is 8.47. The number of nitrogens with one attached hydrogen (secondary N) is 1. The highest BCUT2D eigenvalue weighted by Crippen LogP contribution is 2.35. The Labute approximate surface area is 117 Å². The minimum absolute atomic E-state index is 0.426. The van der Waals surface area contributed by atoms with Crippen LogP contribution in [0.1, 0.15) is 52.0 Å². The lowest BCUT2D eigenvalue weighted by Gasteiger charge is -2.39. The van der Waals surface area contributed by atoms with Gasteiger partial charge in [0.1, 0.15) is 5.75 Å². The summed E-state index contributed by atoms with van der Waals surface area (Å²) in [5.74, 6) is 0.977. The van der Waals surface area contributed by atoms with Gasteiger partial charge in [-0.3, -0.25) is 0 Å². The van der Waals surface area contributed by atoms with Crippen molar-refractivity contribution in [2.24, 2.45) is 5.41 Å². The van der Waals surface area contributed by atoms with Gasteiger partial charge < -0.3 is 10.1 Å². The molecule has 1 aromatic carbocycles. The molecule has 1 N–H and O–H groups in total. The molecule has 1 atom stereocenters. The maximum absolute atomic E-state index is 5.55. The van der Waals surface area contributed by atoms with Gasteiger partial charge in [0.05, 0.1) is 6.61 Å². The molecule has 0 heterocycles. The Bertz CT molecular complexity index is 400. The van der Waals surface area contributed by atoms with Crippen molar-refractivity contribution in [2.45, 2.75) is 59.0 Å². The molecule has 1 aliphatic carbocycles. The van der Waals surface area contributed by atoms with Crippen molar-refractivity contribution in [3.05, 3.63) is 29.8 Å². The summed E-state index contributed by atoms with van der Waals surface area (Å²) >= 11 is 0. The zero-order valence-corrected chi connectivity index (χ0v) is 12.5.